The molecule has 6 nitrogen and oxygen atoms in total. The minimum atomic E-state index is -3.45. The zero-order chi connectivity index (χ0) is 13.1. The smallest absolute Gasteiger partial charge is 0.309 e. The van der Waals surface area contributed by atoms with Crippen LogP contribution in [0.15, 0.2) is 0 Å². The molecule has 1 atom stereocenters. The quantitative estimate of drug-likeness (QED) is 0.728. The fourth-order valence-electron chi connectivity index (χ4n) is 1.90. The summed E-state index contributed by atoms with van der Waals surface area (Å²) < 4.78 is 26.3. The lowest BCUT2D eigenvalue weighted by molar-refractivity contribution is -0.142. The second kappa shape index (κ2) is 5.79. The molecule has 0 aromatic carbocycles. The van der Waals surface area contributed by atoms with Gasteiger partial charge in [0.05, 0.1) is 5.92 Å². The van der Waals surface area contributed by atoms with Gasteiger partial charge in [-0.2, -0.15) is 17.0 Å². The Kier molecular flexibility index (Phi) is 4.91. The molecule has 1 N–H and O–H groups in total. The van der Waals surface area contributed by atoms with E-state index < -0.39 is 22.1 Å². The summed E-state index contributed by atoms with van der Waals surface area (Å²) in [6.07, 6.45) is 2.73. The summed E-state index contributed by atoms with van der Waals surface area (Å²) in [6, 6.07) is 0. The van der Waals surface area contributed by atoms with Gasteiger partial charge in [-0.25, -0.2) is 0 Å². The molecule has 0 bridgehead atoms. The van der Waals surface area contributed by atoms with E-state index in [9.17, 15) is 13.2 Å². The van der Waals surface area contributed by atoms with E-state index in [4.69, 9.17) is 5.11 Å². The average Bonchev–Trinajstić information content (AvgIpc) is 2.24. The molecule has 17 heavy (non-hydrogen) atoms. The van der Waals surface area contributed by atoms with Crippen LogP contribution in [0, 0.1) is 5.92 Å². The van der Waals surface area contributed by atoms with Crippen LogP contribution in [0.3, 0.4) is 0 Å². The SMILES string of the molecule is CCCCCN1CC(C(=O)O)CN(C)S1(=O)=O. The molecule has 0 saturated carbocycles. The Balaban J connectivity index is 2.72. The molecular formula is C10H20N2O4S. The molecule has 1 saturated heterocycles. The molecule has 0 amide bonds. The van der Waals surface area contributed by atoms with Gasteiger partial charge in [-0.15, -0.1) is 0 Å². The fraction of sp³-hybridized carbons (Fsp3) is 0.900. The number of hydrogen-bond donors (Lipinski definition) is 1. The predicted octanol–water partition coefficient (Wildman–Crippen LogP) is 0.370. The summed E-state index contributed by atoms with van der Waals surface area (Å²) in [5, 5.41) is 8.97. The van der Waals surface area contributed by atoms with Crippen LogP contribution in [0.4, 0.5) is 0 Å². The summed E-state index contributed by atoms with van der Waals surface area (Å²) in [5.41, 5.74) is 0. The van der Waals surface area contributed by atoms with Crippen LogP contribution in [0.2, 0.25) is 0 Å². The topological polar surface area (TPSA) is 77.9 Å². The molecule has 1 rings (SSSR count). The zero-order valence-corrected chi connectivity index (χ0v) is 11.1. The third-order valence-electron chi connectivity index (χ3n) is 2.98. The van der Waals surface area contributed by atoms with Crippen molar-refractivity contribution < 1.29 is 18.3 Å². The van der Waals surface area contributed by atoms with Crippen LogP contribution in [0.1, 0.15) is 26.2 Å². The monoisotopic (exact) mass is 264 g/mol. The number of rotatable bonds is 5. The van der Waals surface area contributed by atoms with Gasteiger partial charge in [-0.1, -0.05) is 19.8 Å². The standard InChI is InChI=1S/C10H20N2O4S/c1-3-4-5-6-12-8-9(10(13)14)7-11(2)17(12,15)16/h9H,3-8H2,1-2H3,(H,13,14). The zero-order valence-electron chi connectivity index (χ0n) is 10.3. The first-order valence-corrected chi connectivity index (χ1v) is 7.23. The number of nitrogens with zero attached hydrogens (tertiary/aromatic N) is 2. The number of aliphatic carboxylic acids is 1. The first-order valence-electron chi connectivity index (χ1n) is 5.83. The maximum absolute atomic E-state index is 11.9. The number of carboxylic acid groups (broad SMARTS) is 1. The van der Waals surface area contributed by atoms with Crippen LogP contribution >= 0.6 is 0 Å². The van der Waals surface area contributed by atoms with Gasteiger partial charge in [0.1, 0.15) is 0 Å². The minimum Gasteiger partial charge on any atom is -0.481 e. The Bertz CT molecular complexity index is 369. The third kappa shape index (κ3) is 3.40. The molecule has 0 aliphatic carbocycles. The molecule has 0 aromatic heterocycles. The molecule has 7 heteroatoms. The van der Waals surface area contributed by atoms with Crippen LogP contribution in [0.5, 0.6) is 0 Å². The Labute approximate surface area is 102 Å². The maximum atomic E-state index is 11.9. The lowest BCUT2D eigenvalue weighted by Crippen LogP contribution is -2.54. The van der Waals surface area contributed by atoms with E-state index in [0.29, 0.717) is 6.54 Å². The molecule has 1 fully saturated rings. The van der Waals surface area contributed by atoms with Gasteiger partial charge >= 0.3 is 5.97 Å². The Hall–Kier alpha value is -0.660. The third-order valence-corrected chi connectivity index (χ3v) is 4.90. The lowest BCUT2D eigenvalue weighted by atomic mass is 10.1. The summed E-state index contributed by atoms with van der Waals surface area (Å²) in [7, 11) is -2.02. The minimum absolute atomic E-state index is 0.0575. The van der Waals surface area contributed by atoms with Crippen molar-refractivity contribution in [1.29, 1.82) is 0 Å². The predicted molar refractivity (Wildman–Crippen MR) is 63.8 cm³/mol. The van der Waals surface area contributed by atoms with Gasteiger partial charge < -0.3 is 5.11 Å². The first-order chi connectivity index (χ1) is 7.89. The molecule has 1 aliphatic heterocycles. The number of unbranched alkanes of at least 4 members (excludes halogenated alkanes) is 2. The molecule has 100 valence electrons. The van der Waals surface area contributed by atoms with Gasteiger partial charge in [0.25, 0.3) is 10.2 Å². The van der Waals surface area contributed by atoms with Crippen LogP contribution in [-0.4, -0.2) is 54.8 Å². The Morgan fingerprint density at radius 3 is 2.53 bits per heavy atom. The van der Waals surface area contributed by atoms with Gasteiger partial charge in [0.15, 0.2) is 0 Å². The van der Waals surface area contributed by atoms with Crippen LogP contribution in [-0.2, 0) is 15.0 Å². The van der Waals surface area contributed by atoms with Crippen molar-refractivity contribution in [3.8, 4) is 0 Å². The van der Waals surface area contributed by atoms with Crippen molar-refractivity contribution in [3.63, 3.8) is 0 Å². The second-order valence-electron chi connectivity index (χ2n) is 4.39. The normalized spacial score (nSPS) is 25.9. The molecule has 0 aromatic rings. The highest BCUT2D eigenvalue weighted by Crippen LogP contribution is 2.19. The molecule has 1 aliphatic rings. The van der Waals surface area contributed by atoms with E-state index in [2.05, 4.69) is 0 Å². The largest absolute Gasteiger partial charge is 0.481 e. The van der Waals surface area contributed by atoms with Gasteiger partial charge in [0, 0.05) is 26.7 Å². The van der Waals surface area contributed by atoms with E-state index in [1.807, 2.05) is 6.92 Å². The van der Waals surface area contributed by atoms with Crippen molar-refractivity contribution >= 4 is 16.2 Å². The van der Waals surface area contributed by atoms with Crippen molar-refractivity contribution in [3.05, 3.63) is 0 Å². The molecule has 1 heterocycles. The van der Waals surface area contributed by atoms with Crippen LogP contribution in [0.25, 0.3) is 0 Å². The number of carboxylic acids is 1. The maximum Gasteiger partial charge on any atom is 0.309 e. The Morgan fingerprint density at radius 2 is 2.00 bits per heavy atom. The highest BCUT2D eigenvalue weighted by atomic mass is 32.2. The molecule has 0 radical (unpaired) electrons. The average molecular weight is 264 g/mol. The number of hydrogen-bond acceptors (Lipinski definition) is 3. The van der Waals surface area contributed by atoms with E-state index in [-0.39, 0.29) is 13.1 Å². The molecular weight excluding hydrogens is 244 g/mol. The highest BCUT2D eigenvalue weighted by molar-refractivity contribution is 7.86. The Morgan fingerprint density at radius 1 is 1.35 bits per heavy atom. The van der Waals surface area contributed by atoms with Crippen molar-refractivity contribution in [2.24, 2.45) is 5.92 Å². The fourth-order valence-corrected chi connectivity index (χ4v) is 3.39. The summed E-state index contributed by atoms with van der Waals surface area (Å²) in [4.78, 5) is 10.9. The first kappa shape index (κ1) is 14.4. The van der Waals surface area contributed by atoms with E-state index in [0.717, 1.165) is 23.6 Å². The van der Waals surface area contributed by atoms with Crippen LogP contribution < -0.4 is 0 Å². The van der Waals surface area contributed by atoms with Crippen molar-refractivity contribution in [2.45, 2.75) is 26.2 Å². The highest BCUT2D eigenvalue weighted by Gasteiger charge is 2.38. The summed E-state index contributed by atoms with van der Waals surface area (Å²) in [5.74, 6) is -1.57. The van der Waals surface area contributed by atoms with Crippen molar-refractivity contribution in [1.82, 2.24) is 8.61 Å². The summed E-state index contributed by atoms with van der Waals surface area (Å²) >= 11 is 0. The molecule has 0 spiro atoms. The lowest BCUT2D eigenvalue weighted by Gasteiger charge is -2.35. The van der Waals surface area contributed by atoms with E-state index in [1.54, 1.807) is 0 Å². The van der Waals surface area contributed by atoms with E-state index >= 15 is 0 Å². The second-order valence-corrected chi connectivity index (χ2v) is 6.42. The van der Waals surface area contributed by atoms with E-state index in [1.165, 1.54) is 11.4 Å². The molecule has 1 unspecified atom stereocenters. The van der Waals surface area contributed by atoms with Gasteiger partial charge in [-0.3, -0.25) is 4.79 Å². The van der Waals surface area contributed by atoms with Gasteiger partial charge in [0.2, 0.25) is 0 Å². The summed E-state index contributed by atoms with van der Waals surface area (Å²) in [6.45, 7) is 2.59. The van der Waals surface area contributed by atoms with Crippen molar-refractivity contribution in [2.75, 3.05) is 26.7 Å². The number of carbonyl (C=O) groups is 1. The van der Waals surface area contributed by atoms with Gasteiger partial charge in [-0.05, 0) is 6.42 Å².